The molecule has 3 heterocycles. The van der Waals surface area contributed by atoms with Crippen LogP contribution in [0.5, 0.6) is 0 Å². The molecule has 7 nitrogen and oxygen atoms in total. The van der Waals surface area contributed by atoms with Gasteiger partial charge >= 0.3 is 5.91 Å². The predicted molar refractivity (Wildman–Crippen MR) is 124 cm³/mol. The summed E-state index contributed by atoms with van der Waals surface area (Å²) in [6.07, 6.45) is 4.08. The molecule has 0 unspecified atom stereocenters. The third-order valence-corrected chi connectivity index (χ3v) is 7.27. The summed E-state index contributed by atoms with van der Waals surface area (Å²) in [5.41, 5.74) is 4.97. The van der Waals surface area contributed by atoms with Gasteiger partial charge in [-0.25, -0.2) is 9.07 Å². The van der Waals surface area contributed by atoms with Crippen molar-refractivity contribution in [2.45, 2.75) is 39.7 Å². The zero-order valence-corrected chi connectivity index (χ0v) is 20.0. The van der Waals surface area contributed by atoms with E-state index in [2.05, 4.69) is 23.5 Å². The second-order valence-corrected chi connectivity index (χ2v) is 10.3. The molecule has 164 valence electrons. The van der Waals surface area contributed by atoms with Crippen molar-refractivity contribution in [2.75, 3.05) is 18.0 Å². The van der Waals surface area contributed by atoms with Gasteiger partial charge in [-0.1, -0.05) is 13.8 Å². The minimum absolute atomic E-state index is 0.150. The lowest BCUT2D eigenvalue weighted by Crippen LogP contribution is -2.48. The van der Waals surface area contributed by atoms with E-state index in [0.717, 1.165) is 18.6 Å². The molecule has 5 rings (SSSR count). The number of carbonyl (C=O) groups excluding carboxylic acids is 1. The van der Waals surface area contributed by atoms with E-state index in [1.807, 2.05) is 28.7 Å². The maximum Gasteiger partial charge on any atom is 0.319 e. The molecule has 0 radical (unpaired) electrons. The number of benzene rings is 1. The van der Waals surface area contributed by atoms with E-state index in [-0.39, 0.29) is 11.3 Å². The molecule has 32 heavy (non-hydrogen) atoms. The summed E-state index contributed by atoms with van der Waals surface area (Å²) in [4.78, 5) is 15.0. The molecule has 1 aliphatic carbocycles. The lowest BCUT2D eigenvalue weighted by atomic mass is 9.88. The minimum atomic E-state index is -0.537. The van der Waals surface area contributed by atoms with Crippen molar-refractivity contribution in [3.63, 3.8) is 0 Å². The van der Waals surface area contributed by atoms with Gasteiger partial charge < -0.3 is 5.11 Å². The molecule has 9 heteroatoms. The zero-order chi connectivity index (χ0) is 22.8. The van der Waals surface area contributed by atoms with E-state index in [0.29, 0.717) is 45.7 Å². The number of hydrogen-bond acceptors (Lipinski definition) is 4. The number of aliphatic hydroxyl groups is 1. The quantitative estimate of drug-likeness (QED) is 0.474. The molecule has 2 aliphatic heterocycles. The second-order valence-electron chi connectivity index (χ2n) is 9.27. The number of halogens is 2. The number of nitriles is 1. The third kappa shape index (κ3) is 3.28. The van der Waals surface area contributed by atoms with Gasteiger partial charge in [0.05, 0.1) is 30.9 Å². The van der Waals surface area contributed by atoms with E-state index >= 15 is 0 Å². The van der Waals surface area contributed by atoms with Crippen molar-refractivity contribution in [3.8, 4) is 11.8 Å². The van der Waals surface area contributed by atoms with Gasteiger partial charge in [0.2, 0.25) is 0 Å². The first kappa shape index (κ1) is 21.3. The number of anilines is 1. The fourth-order valence-corrected chi connectivity index (χ4v) is 5.64. The molecule has 0 saturated heterocycles. The molecule has 0 saturated carbocycles. The van der Waals surface area contributed by atoms with E-state index in [1.54, 1.807) is 4.90 Å². The maximum atomic E-state index is 14.7. The highest BCUT2D eigenvalue weighted by atomic mass is 127. The topological polar surface area (TPSA) is 85.2 Å². The van der Waals surface area contributed by atoms with Crippen LogP contribution in [0.25, 0.3) is 5.69 Å². The van der Waals surface area contributed by atoms with E-state index in [4.69, 9.17) is 0 Å². The summed E-state index contributed by atoms with van der Waals surface area (Å²) in [6, 6.07) is 4.61. The first-order valence-corrected chi connectivity index (χ1v) is 11.6. The molecular weight excluding hydrogens is 524 g/mol. The fourth-order valence-electron chi connectivity index (χ4n) is 5.15. The van der Waals surface area contributed by atoms with Gasteiger partial charge in [-0.3, -0.25) is 9.69 Å². The highest BCUT2D eigenvalue weighted by Gasteiger charge is 2.48. The molecule has 0 atom stereocenters. The Morgan fingerprint density at radius 3 is 2.78 bits per heavy atom. The molecule has 1 amide bonds. The number of aliphatic hydroxyl groups excluding tert-OH is 1. The predicted octanol–water partition coefficient (Wildman–Crippen LogP) is 3.26. The van der Waals surface area contributed by atoms with Gasteiger partial charge in [0.1, 0.15) is 21.2 Å². The van der Waals surface area contributed by atoms with Gasteiger partial charge in [-0.15, -0.1) is 0 Å². The summed E-state index contributed by atoms with van der Waals surface area (Å²) in [7, 11) is 0. The van der Waals surface area contributed by atoms with Gasteiger partial charge in [-0.2, -0.15) is 14.9 Å². The zero-order valence-electron chi connectivity index (χ0n) is 17.8. The lowest BCUT2D eigenvalue weighted by molar-refractivity contribution is -0.475. The van der Waals surface area contributed by atoms with Crippen LogP contribution in [0.15, 0.2) is 29.6 Å². The standard InChI is InChI=1S/C23H22FIN5O2/c1-23(2)8-13-5-19-22(32)29(4-3-28(19)20(13)9-23)17-6-15(24)7-18(16(17)12-31)30-11-14(10-26)21(25)27-30/h6-7,11,31H,3-5,8-9,12H2,1-2H3/q+1. The van der Waals surface area contributed by atoms with Gasteiger partial charge in [0.25, 0.3) is 5.71 Å². The van der Waals surface area contributed by atoms with Crippen molar-refractivity contribution in [1.82, 2.24) is 9.78 Å². The summed E-state index contributed by atoms with van der Waals surface area (Å²) >= 11 is 1.94. The van der Waals surface area contributed by atoms with E-state index in [9.17, 15) is 19.6 Å². The van der Waals surface area contributed by atoms with Crippen molar-refractivity contribution >= 4 is 39.9 Å². The Balaban J connectivity index is 1.55. The molecule has 0 spiro atoms. The van der Waals surface area contributed by atoms with E-state index < -0.39 is 12.4 Å². The van der Waals surface area contributed by atoms with Gasteiger partial charge in [-0.05, 0) is 40.5 Å². The van der Waals surface area contributed by atoms with E-state index in [1.165, 1.54) is 34.3 Å². The Kier molecular flexibility index (Phi) is 4.98. The second kappa shape index (κ2) is 7.49. The number of aromatic nitrogens is 2. The molecule has 0 bridgehead atoms. The molecular formula is C23H22FIN5O2+. The smallest absolute Gasteiger partial charge is 0.319 e. The SMILES string of the molecule is CC1(C)CC2=C(C1)[N+]1=C(C2)C(=O)N(c2cc(F)cc(-n3cc(C#N)c(I)n3)c2CO)CC1. The van der Waals surface area contributed by atoms with Crippen LogP contribution < -0.4 is 4.90 Å². The molecule has 0 fully saturated rings. The number of hydrogen-bond donors (Lipinski definition) is 1. The number of allylic oxidation sites excluding steroid dienone is 2. The Hall–Kier alpha value is -2.58. The van der Waals surface area contributed by atoms with Crippen LogP contribution in [-0.4, -0.2) is 44.2 Å². The average Bonchev–Trinajstić information content (AvgIpc) is 3.37. The first-order chi connectivity index (χ1) is 15.2. The monoisotopic (exact) mass is 546 g/mol. The number of fused-ring (bicyclic) bond motifs is 1. The molecule has 1 N–H and O–H groups in total. The summed E-state index contributed by atoms with van der Waals surface area (Å²) in [6.45, 7) is 5.15. The van der Waals surface area contributed by atoms with Crippen LogP contribution in [0.2, 0.25) is 0 Å². The fraction of sp³-hybridized carbons (Fsp3) is 0.391. The molecule has 1 aromatic heterocycles. The Morgan fingerprint density at radius 2 is 2.09 bits per heavy atom. The van der Waals surface area contributed by atoms with Gasteiger partial charge in [0.15, 0.2) is 12.2 Å². The summed E-state index contributed by atoms with van der Waals surface area (Å²) < 4.78 is 18.7. The average molecular weight is 546 g/mol. The van der Waals surface area contributed by atoms with Crippen LogP contribution in [0.1, 0.15) is 44.2 Å². The first-order valence-electron chi connectivity index (χ1n) is 10.5. The minimum Gasteiger partial charge on any atom is -0.392 e. The maximum absolute atomic E-state index is 14.7. The Morgan fingerprint density at radius 1 is 1.34 bits per heavy atom. The Bertz CT molecular complexity index is 1280. The van der Waals surface area contributed by atoms with Crippen LogP contribution in [0.3, 0.4) is 0 Å². The highest BCUT2D eigenvalue weighted by molar-refractivity contribution is 14.1. The molecule has 2 aromatic rings. The van der Waals surface area contributed by atoms with Gasteiger partial charge in [0, 0.05) is 29.8 Å². The van der Waals surface area contributed by atoms with Crippen molar-refractivity contribution in [1.29, 1.82) is 5.26 Å². The highest BCUT2D eigenvalue weighted by Crippen LogP contribution is 2.46. The normalized spacial score (nSPS) is 19.5. The summed E-state index contributed by atoms with van der Waals surface area (Å²) in [5.74, 6) is -0.687. The number of nitrogens with zero attached hydrogens (tertiary/aromatic N) is 5. The van der Waals surface area contributed by atoms with Crippen molar-refractivity contribution in [3.05, 3.63) is 50.2 Å². The molecule has 1 aromatic carbocycles. The summed E-state index contributed by atoms with van der Waals surface area (Å²) in [5, 5.41) is 23.7. The third-order valence-electron chi connectivity index (χ3n) is 6.47. The van der Waals surface area contributed by atoms with Crippen molar-refractivity contribution in [2.24, 2.45) is 5.41 Å². The van der Waals surface area contributed by atoms with Crippen LogP contribution in [-0.2, 0) is 11.4 Å². The number of carbonyl (C=O) groups is 1. The van der Waals surface area contributed by atoms with Crippen LogP contribution >= 0.6 is 22.6 Å². The lowest BCUT2D eigenvalue weighted by Gasteiger charge is -2.28. The van der Waals surface area contributed by atoms with Crippen LogP contribution in [0, 0.1) is 26.3 Å². The Labute approximate surface area is 198 Å². The van der Waals surface area contributed by atoms with Crippen molar-refractivity contribution < 1.29 is 18.9 Å². The molecule has 3 aliphatic rings. The van der Waals surface area contributed by atoms with Crippen LogP contribution in [0.4, 0.5) is 10.1 Å². The largest absolute Gasteiger partial charge is 0.392 e. The number of rotatable bonds is 3. The number of amides is 1.